The van der Waals surface area contributed by atoms with Gasteiger partial charge in [-0.05, 0) is 57.8 Å². The molecule has 0 N–H and O–H groups in total. The number of hydrogen-bond donors (Lipinski definition) is 0. The second-order valence-electron chi connectivity index (χ2n) is 6.06. The van der Waals surface area contributed by atoms with E-state index < -0.39 is 15.8 Å². The Hall–Kier alpha value is -1.70. The molecule has 1 aromatic carbocycles. The number of benzene rings is 1. The first-order chi connectivity index (χ1) is 11.2. The van der Waals surface area contributed by atoms with Crippen LogP contribution in [0.4, 0.5) is 4.39 Å². The van der Waals surface area contributed by atoms with Crippen molar-refractivity contribution in [3.63, 3.8) is 0 Å². The fourth-order valence-corrected chi connectivity index (χ4v) is 3.96. The zero-order chi connectivity index (χ0) is 17.9. The predicted molar refractivity (Wildman–Crippen MR) is 90.7 cm³/mol. The number of furan rings is 1. The summed E-state index contributed by atoms with van der Waals surface area (Å²) in [5, 5.41) is 0. The first-order valence-corrected chi connectivity index (χ1v) is 9.10. The Kier molecular flexibility index (Phi) is 5.79. The van der Waals surface area contributed by atoms with Crippen LogP contribution in [0.3, 0.4) is 0 Å². The summed E-state index contributed by atoms with van der Waals surface area (Å²) in [6.45, 7) is 4.41. The molecule has 0 aliphatic carbocycles. The van der Waals surface area contributed by atoms with Crippen molar-refractivity contribution in [2.75, 3.05) is 27.2 Å². The van der Waals surface area contributed by atoms with Gasteiger partial charge in [0.15, 0.2) is 0 Å². The topological polar surface area (TPSA) is 53.8 Å². The molecule has 0 fully saturated rings. The molecule has 0 saturated carbocycles. The zero-order valence-corrected chi connectivity index (χ0v) is 15.2. The fraction of sp³-hybridized carbons (Fsp3) is 0.412. The second-order valence-corrected chi connectivity index (χ2v) is 7.97. The summed E-state index contributed by atoms with van der Waals surface area (Å²) in [5.41, 5.74) is 0.516. The molecule has 0 spiro atoms. The van der Waals surface area contributed by atoms with Crippen LogP contribution in [0.1, 0.15) is 17.1 Å². The molecule has 0 atom stereocenters. The molecule has 2 rings (SSSR count). The molecule has 0 radical (unpaired) electrons. The van der Waals surface area contributed by atoms with Gasteiger partial charge in [0.05, 0.1) is 11.4 Å². The van der Waals surface area contributed by atoms with Crippen molar-refractivity contribution in [2.24, 2.45) is 0 Å². The Morgan fingerprint density at radius 3 is 2.38 bits per heavy atom. The van der Waals surface area contributed by atoms with Crippen molar-refractivity contribution in [2.45, 2.75) is 25.3 Å². The van der Waals surface area contributed by atoms with Crippen LogP contribution in [0.15, 0.2) is 39.6 Å². The number of aryl methyl sites for hydroxylation is 2. The van der Waals surface area contributed by atoms with Crippen LogP contribution >= 0.6 is 0 Å². The van der Waals surface area contributed by atoms with Gasteiger partial charge >= 0.3 is 0 Å². The molecule has 0 unspecified atom stereocenters. The van der Waals surface area contributed by atoms with Gasteiger partial charge in [-0.3, -0.25) is 0 Å². The normalized spacial score (nSPS) is 12.3. The summed E-state index contributed by atoms with van der Waals surface area (Å²) < 4.78 is 46.5. The van der Waals surface area contributed by atoms with E-state index in [4.69, 9.17) is 4.42 Å². The van der Waals surface area contributed by atoms with Gasteiger partial charge in [-0.15, -0.1) is 0 Å². The molecule has 24 heavy (non-hydrogen) atoms. The van der Waals surface area contributed by atoms with E-state index in [9.17, 15) is 12.8 Å². The molecular weight excluding hydrogens is 331 g/mol. The Balaban J connectivity index is 2.38. The lowest BCUT2D eigenvalue weighted by Crippen LogP contribution is -2.36. The fourth-order valence-electron chi connectivity index (χ4n) is 2.33. The highest BCUT2D eigenvalue weighted by molar-refractivity contribution is 7.89. The van der Waals surface area contributed by atoms with Crippen molar-refractivity contribution in [3.05, 3.63) is 53.2 Å². The first-order valence-electron chi connectivity index (χ1n) is 7.66. The molecule has 0 bridgehead atoms. The van der Waals surface area contributed by atoms with Gasteiger partial charge in [0.25, 0.3) is 0 Å². The van der Waals surface area contributed by atoms with Crippen molar-refractivity contribution in [1.82, 2.24) is 9.21 Å². The van der Waals surface area contributed by atoms with Crippen molar-refractivity contribution in [1.29, 1.82) is 0 Å². The van der Waals surface area contributed by atoms with Crippen LogP contribution in [0, 0.1) is 19.7 Å². The summed E-state index contributed by atoms with van der Waals surface area (Å²) in [4.78, 5) is 1.89. The first kappa shape index (κ1) is 18.6. The minimum atomic E-state index is -3.83. The number of likely N-dealkylation sites (N-methyl/N-ethyl adjacent to an activating group) is 1. The highest BCUT2D eigenvalue weighted by Gasteiger charge is 2.27. The molecule has 1 heterocycles. The lowest BCUT2D eigenvalue weighted by Gasteiger charge is -2.24. The van der Waals surface area contributed by atoms with E-state index >= 15 is 0 Å². The largest absolute Gasteiger partial charge is 0.465 e. The molecule has 0 saturated heterocycles. The van der Waals surface area contributed by atoms with E-state index in [1.54, 1.807) is 26.0 Å². The van der Waals surface area contributed by atoms with Gasteiger partial charge in [-0.25, -0.2) is 12.8 Å². The summed E-state index contributed by atoms with van der Waals surface area (Å²) in [6, 6.07) is 7.35. The maximum atomic E-state index is 13.6. The van der Waals surface area contributed by atoms with Crippen LogP contribution in [0.2, 0.25) is 0 Å². The predicted octanol–water partition coefficient (Wildman–Crippen LogP) is 2.79. The van der Waals surface area contributed by atoms with Crippen molar-refractivity contribution in [3.8, 4) is 0 Å². The number of sulfonamides is 1. The van der Waals surface area contributed by atoms with Crippen LogP contribution in [0.5, 0.6) is 0 Å². The molecule has 0 aliphatic rings. The Morgan fingerprint density at radius 1 is 1.08 bits per heavy atom. The van der Waals surface area contributed by atoms with Gasteiger partial charge in [0, 0.05) is 13.1 Å². The van der Waals surface area contributed by atoms with E-state index in [0.29, 0.717) is 17.9 Å². The monoisotopic (exact) mass is 354 g/mol. The Morgan fingerprint density at radius 2 is 1.79 bits per heavy atom. The smallest absolute Gasteiger partial charge is 0.243 e. The molecular formula is C17H23FN2O3S. The summed E-state index contributed by atoms with van der Waals surface area (Å²) >= 11 is 0. The van der Waals surface area contributed by atoms with E-state index in [1.807, 2.05) is 19.0 Å². The summed E-state index contributed by atoms with van der Waals surface area (Å²) in [6.07, 6.45) is 0. The molecule has 5 nitrogen and oxygen atoms in total. The Labute approximate surface area is 142 Å². The van der Waals surface area contributed by atoms with E-state index in [2.05, 4.69) is 0 Å². The molecule has 0 aliphatic heterocycles. The third kappa shape index (κ3) is 4.43. The zero-order valence-electron chi connectivity index (χ0n) is 14.4. The highest BCUT2D eigenvalue weighted by atomic mass is 32.2. The van der Waals surface area contributed by atoms with Gasteiger partial charge < -0.3 is 9.32 Å². The van der Waals surface area contributed by atoms with E-state index in [1.165, 1.54) is 16.4 Å². The average Bonchev–Trinajstić information content (AvgIpc) is 2.90. The third-order valence-corrected chi connectivity index (χ3v) is 5.68. The van der Waals surface area contributed by atoms with Gasteiger partial charge in [-0.2, -0.15) is 4.31 Å². The van der Waals surface area contributed by atoms with E-state index in [-0.39, 0.29) is 18.0 Å². The highest BCUT2D eigenvalue weighted by Crippen LogP contribution is 2.23. The number of nitrogens with zero attached hydrogens (tertiary/aromatic N) is 2. The van der Waals surface area contributed by atoms with Crippen LogP contribution in [0.25, 0.3) is 0 Å². The van der Waals surface area contributed by atoms with Crippen molar-refractivity contribution >= 4 is 10.0 Å². The number of rotatable bonds is 7. The summed E-state index contributed by atoms with van der Waals surface area (Å²) in [5.74, 6) is 0.710. The van der Waals surface area contributed by atoms with Gasteiger partial charge in [0.2, 0.25) is 10.0 Å². The molecule has 7 heteroatoms. The van der Waals surface area contributed by atoms with Crippen LogP contribution in [-0.4, -0.2) is 44.8 Å². The molecule has 0 amide bonds. The standard InChI is InChI=1S/C17H23FN2O3S/c1-13-5-7-15(18)11-17(13)24(21,22)20(10-9-19(3)4)12-16-8-6-14(2)23-16/h5-8,11H,9-10,12H2,1-4H3. The minimum absolute atomic E-state index is 0.00969. The number of hydrogen-bond acceptors (Lipinski definition) is 4. The quantitative estimate of drug-likeness (QED) is 0.767. The summed E-state index contributed by atoms with van der Waals surface area (Å²) in [7, 11) is -0.0916. The maximum Gasteiger partial charge on any atom is 0.243 e. The number of halogens is 1. The van der Waals surface area contributed by atoms with Crippen LogP contribution < -0.4 is 0 Å². The Bertz CT molecular complexity index is 800. The molecule has 1 aromatic heterocycles. The lowest BCUT2D eigenvalue weighted by atomic mass is 10.2. The molecule has 132 valence electrons. The van der Waals surface area contributed by atoms with Gasteiger partial charge in [-0.1, -0.05) is 6.07 Å². The van der Waals surface area contributed by atoms with E-state index in [0.717, 1.165) is 11.8 Å². The van der Waals surface area contributed by atoms with Gasteiger partial charge in [0.1, 0.15) is 17.3 Å². The average molecular weight is 354 g/mol. The lowest BCUT2D eigenvalue weighted by molar-refractivity contribution is 0.310. The third-order valence-electron chi connectivity index (χ3n) is 3.69. The minimum Gasteiger partial charge on any atom is -0.465 e. The second kappa shape index (κ2) is 7.46. The van der Waals surface area contributed by atoms with Crippen molar-refractivity contribution < 1.29 is 17.2 Å². The molecule has 2 aromatic rings. The van der Waals surface area contributed by atoms with Crippen LogP contribution in [-0.2, 0) is 16.6 Å². The SMILES string of the molecule is Cc1ccc(CN(CCN(C)C)S(=O)(=O)c2cc(F)ccc2C)o1. The maximum absolute atomic E-state index is 13.6.